The Morgan fingerprint density at radius 1 is 1.26 bits per heavy atom. The number of amides is 1. The fraction of sp³-hybridized carbons (Fsp3) is 0.526. The summed E-state index contributed by atoms with van der Waals surface area (Å²) in [5.41, 5.74) is 3.88. The molecule has 4 unspecified atom stereocenters. The van der Waals surface area contributed by atoms with Gasteiger partial charge in [0.25, 0.3) is 0 Å². The van der Waals surface area contributed by atoms with Crippen molar-refractivity contribution in [3.05, 3.63) is 45.9 Å². The van der Waals surface area contributed by atoms with Crippen molar-refractivity contribution < 1.29 is 4.79 Å². The lowest BCUT2D eigenvalue weighted by atomic mass is 9.83. The molecule has 1 fully saturated rings. The highest BCUT2D eigenvalue weighted by molar-refractivity contribution is 8.04. The summed E-state index contributed by atoms with van der Waals surface area (Å²) >= 11 is 1.90. The zero-order valence-corrected chi connectivity index (χ0v) is 14.6. The van der Waals surface area contributed by atoms with Crippen LogP contribution in [0.1, 0.15) is 50.4 Å². The Morgan fingerprint density at radius 2 is 2.04 bits per heavy atom. The summed E-state index contributed by atoms with van der Waals surface area (Å²) in [5, 5.41) is 7.05. The fourth-order valence-electron chi connectivity index (χ4n) is 3.94. The van der Waals surface area contributed by atoms with Gasteiger partial charge in [-0.2, -0.15) is 0 Å². The molecule has 0 bridgehead atoms. The van der Waals surface area contributed by atoms with E-state index in [-0.39, 0.29) is 23.4 Å². The van der Waals surface area contributed by atoms with Crippen molar-refractivity contribution in [3.63, 3.8) is 0 Å². The quantitative estimate of drug-likeness (QED) is 0.869. The first-order valence-corrected chi connectivity index (χ1v) is 9.57. The van der Waals surface area contributed by atoms with Crippen molar-refractivity contribution in [1.82, 2.24) is 10.6 Å². The van der Waals surface area contributed by atoms with Gasteiger partial charge in [0.2, 0.25) is 5.91 Å². The molecule has 4 heteroatoms. The van der Waals surface area contributed by atoms with Crippen LogP contribution in [0.3, 0.4) is 0 Å². The number of thioether (sulfide) groups is 1. The van der Waals surface area contributed by atoms with E-state index in [9.17, 15) is 4.79 Å². The third-order valence-corrected chi connectivity index (χ3v) is 6.74. The topological polar surface area (TPSA) is 41.1 Å². The second-order valence-corrected chi connectivity index (χ2v) is 8.25. The number of carbonyl (C=O) groups excluding carboxylic acids is 1. The van der Waals surface area contributed by atoms with Gasteiger partial charge in [0.1, 0.15) is 6.17 Å². The summed E-state index contributed by atoms with van der Waals surface area (Å²) in [6, 6.07) is 8.57. The number of allylic oxidation sites excluding steroid dienone is 1. The zero-order chi connectivity index (χ0) is 16.0. The van der Waals surface area contributed by atoms with E-state index in [1.54, 1.807) is 0 Å². The van der Waals surface area contributed by atoms with Gasteiger partial charge in [-0.3, -0.25) is 10.1 Å². The molecule has 0 saturated carbocycles. The minimum atomic E-state index is -0.0686. The number of carbonyl (C=O) groups is 1. The molecule has 0 aromatic heterocycles. The number of fused-ring (bicyclic) bond motifs is 2. The maximum Gasteiger partial charge on any atom is 0.231 e. The van der Waals surface area contributed by atoms with Gasteiger partial charge in [0.15, 0.2) is 0 Å². The van der Waals surface area contributed by atoms with Crippen LogP contribution in [0.4, 0.5) is 0 Å². The summed E-state index contributed by atoms with van der Waals surface area (Å²) in [6.45, 7) is 4.48. The summed E-state index contributed by atoms with van der Waals surface area (Å²) < 4.78 is 0. The average Bonchev–Trinajstić information content (AvgIpc) is 2.92. The molecule has 1 aliphatic carbocycles. The Balaban J connectivity index is 1.54. The number of hydrogen-bond donors (Lipinski definition) is 2. The van der Waals surface area contributed by atoms with Crippen molar-refractivity contribution >= 4 is 17.7 Å². The predicted molar refractivity (Wildman–Crippen MR) is 94.7 cm³/mol. The Labute approximate surface area is 142 Å². The van der Waals surface area contributed by atoms with Crippen molar-refractivity contribution in [3.8, 4) is 0 Å². The molecule has 0 spiro atoms. The molecular weight excluding hydrogens is 304 g/mol. The van der Waals surface area contributed by atoms with Gasteiger partial charge >= 0.3 is 0 Å². The fourth-order valence-corrected chi connectivity index (χ4v) is 5.63. The minimum Gasteiger partial charge on any atom is -0.336 e. The largest absolute Gasteiger partial charge is 0.336 e. The molecule has 1 aromatic rings. The van der Waals surface area contributed by atoms with E-state index in [4.69, 9.17) is 0 Å². The molecule has 4 rings (SSSR count). The van der Waals surface area contributed by atoms with Crippen LogP contribution >= 0.6 is 11.8 Å². The minimum absolute atomic E-state index is 0.0358. The summed E-state index contributed by atoms with van der Waals surface area (Å²) in [4.78, 5) is 14.2. The monoisotopic (exact) mass is 328 g/mol. The van der Waals surface area contributed by atoms with Crippen LogP contribution in [-0.2, 0) is 11.2 Å². The predicted octanol–water partition coefficient (Wildman–Crippen LogP) is 3.73. The standard InChI is InChI=1S/C19H24N2OS/c1-3-12-5-7-13(8-6-12)17-20-18(22)16-14-9-4-11(2)10-15(14)23-19(16)21-17/h5-8,11,16-17,19,21H,3-4,9-10H2,1-2H3,(H,20,22). The first-order valence-electron chi connectivity index (χ1n) is 8.69. The van der Waals surface area contributed by atoms with Gasteiger partial charge in [0, 0.05) is 0 Å². The highest BCUT2D eigenvalue weighted by Crippen LogP contribution is 2.50. The van der Waals surface area contributed by atoms with Crippen LogP contribution in [0.15, 0.2) is 34.7 Å². The van der Waals surface area contributed by atoms with Crippen LogP contribution in [0.5, 0.6) is 0 Å². The van der Waals surface area contributed by atoms with Crippen LogP contribution in [0, 0.1) is 11.8 Å². The maximum atomic E-state index is 12.7. The third-order valence-electron chi connectivity index (χ3n) is 5.37. The number of nitrogens with one attached hydrogen (secondary N) is 2. The molecule has 23 heavy (non-hydrogen) atoms. The Kier molecular flexibility index (Phi) is 3.98. The molecule has 1 saturated heterocycles. The average molecular weight is 328 g/mol. The molecule has 2 heterocycles. The van der Waals surface area contributed by atoms with Crippen molar-refractivity contribution in [2.75, 3.05) is 0 Å². The van der Waals surface area contributed by atoms with E-state index in [0.717, 1.165) is 30.7 Å². The van der Waals surface area contributed by atoms with Gasteiger partial charge < -0.3 is 5.32 Å². The van der Waals surface area contributed by atoms with Gasteiger partial charge in [0.05, 0.1) is 11.3 Å². The molecule has 1 aromatic carbocycles. The van der Waals surface area contributed by atoms with E-state index < -0.39 is 0 Å². The van der Waals surface area contributed by atoms with Crippen molar-refractivity contribution in [2.24, 2.45) is 11.8 Å². The SMILES string of the molecule is CCc1ccc(C2NC(=O)C3C4=C(CC(C)CC4)SC3N2)cc1. The highest BCUT2D eigenvalue weighted by atomic mass is 32.2. The third kappa shape index (κ3) is 2.72. The highest BCUT2D eigenvalue weighted by Gasteiger charge is 2.45. The Hall–Kier alpha value is -1.26. The number of rotatable bonds is 2. The molecule has 1 amide bonds. The second kappa shape index (κ2) is 5.99. The smallest absolute Gasteiger partial charge is 0.231 e. The molecule has 2 N–H and O–H groups in total. The summed E-state index contributed by atoms with van der Waals surface area (Å²) in [5.74, 6) is 0.987. The second-order valence-electron chi connectivity index (χ2n) is 7.02. The zero-order valence-electron chi connectivity index (χ0n) is 13.8. The lowest BCUT2D eigenvalue weighted by Gasteiger charge is -2.35. The van der Waals surface area contributed by atoms with Crippen molar-refractivity contribution in [1.29, 1.82) is 0 Å². The van der Waals surface area contributed by atoms with Gasteiger partial charge in [-0.25, -0.2) is 0 Å². The van der Waals surface area contributed by atoms with E-state index in [0.29, 0.717) is 0 Å². The van der Waals surface area contributed by atoms with Crippen LogP contribution < -0.4 is 10.6 Å². The van der Waals surface area contributed by atoms with Crippen LogP contribution in [0.25, 0.3) is 0 Å². The first kappa shape index (κ1) is 15.3. The molecule has 4 atom stereocenters. The molecule has 3 aliphatic rings. The number of hydrogen-bond acceptors (Lipinski definition) is 3. The van der Waals surface area contributed by atoms with Gasteiger partial charge in [-0.1, -0.05) is 38.1 Å². The first-order chi connectivity index (χ1) is 11.2. The number of benzene rings is 1. The Bertz CT molecular complexity index is 652. The lowest BCUT2D eigenvalue weighted by molar-refractivity contribution is -0.127. The van der Waals surface area contributed by atoms with Gasteiger partial charge in [-0.05, 0) is 53.2 Å². The normalized spacial score (nSPS) is 33.2. The van der Waals surface area contributed by atoms with Crippen LogP contribution in [0.2, 0.25) is 0 Å². The molecule has 2 aliphatic heterocycles. The molecule has 122 valence electrons. The van der Waals surface area contributed by atoms with E-state index in [2.05, 4.69) is 48.7 Å². The van der Waals surface area contributed by atoms with Crippen molar-refractivity contribution in [2.45, 2.75) is 51.1 Å². The summed E-state index contributed by atoms with van der Waals surface area (Å²) in [6.07, 6.45) is 4.44. The molecule has 0 radical (unpaired) electrons. The molecular formula is C19H24N2OS. The summed E-state index contributed by atoms with van der Waals surface area (Å²) in [7, 11) is 0. The number of aryl methyl sites for hydroxylation is 1. The van der Waals surface area contributed by atoms with E-state index in [1.807, 2.05) is 11.8 Å². The molecule has 3 nitrogen and oxygen atoms in total. The van der Waals surface area contributed by atoms with Crippen LogP contribution in [-0.4, -0.2) is 11.3 Å². The van der Waals surface area contributed by atoms with Gasteiger partial charge in [-0.15, -0.1) is 11.8 Å². The maximum absolute atomic E-state index is 12.7. The van der Waals surface area contributed by atoms with E-state index >= 15 is 0 Å². The lowest BCUT2D eigenvalue weighted by Crippen LogP contribution is -2.54. The Morgan fingerprint density at radius 3 is 2.78 bits per heavy atom. The van der Waals surface area contributed by atoms with E-state index in [1.165, 1.54) is 22.5 Å².